The molecule has 0 aliphatic carbocycles. The van der Waals surface area contributed by atoms with Gasteiger partial charge in [-0.3, -0.25) is 0 Å². The van der Waals surface area contributed by atoms with Gasteiger partial charge in [-0.1, -0.05) is 74.5 Å². The van der Waals surface area contributed by atoms with Crippen molar-refractivity contribution in [2.24, 2.45) is 0 Å². The molecule has 0 bridgehead atoms. The van der Waals surface area contributed by atoms with Gasteiger partial charge in [-0.2, -0.15) is 0 Å². The summed E-state index contributed by atoms with van der Waals surface area (Å²) in [4.78, 5) is 0. The minimum absolute atomic E-state index is 0.369. The van der Waals surface area contributed by atoms with E-state index in [4.69, 9.17) is 14.2 Å². The molecule has 3 heteroatoms. The SMILES string of the molecule is CCC(C)c1ccc(OC(Cc2ccccc2)OCCOc2ccccc2)cc1. The molecule has 29 heavy (non-hydrogen) atoms. The first-order valence-corrected chi connectivity index (χ1v) is 10.3. The van der Waals surface area contributed by atoms with E-state index in [1.165, 1.54) is 11.1 Å². The van der Waals surface area contributed by atoms with Crippen LogP contribution in [0.1, 0.15) is 37.3 Å². The lowest BCUT2D eigenvalue weighted by molar-refractivity contribution is -0.0856. The van der Waals surface area contributed by atoms with Crippen LogP contribution in [-0.4, -0.2) is 19.5 Å². The Hall–Kier alpha value is -2.78. The lowest BCUT2D eigenvalue weighted by atomic mass is 9.99. The maximum atomic E-state index is 6.16. The Balaban J connectivity index is 1.58. The molecule has 2 unspecified atom stereocenters. The van der Waals surface area contributed by atoms with Crippen LogP contribution in [0.2, 0.25) is 0 Å². The van der Waals surface area contributed by atoms with Gasteiger partial charge in [0.15, 0.2) is 0 Å². The Morgan fingerprint density at radius 1 is 0.724 bits per heavy atom. The number of hydrogen-bond donors (Lipinski definition) is 0. The summed E-state index contributed by atoms with van der Waals surface area (Å²) in [7, 11) is 0. The molecule has 3 rings (SSSR count). The molecule has 2 atom stereocenters. The highest BCUT2D eigenvalue weighted by Gasteiger charge is 2.13. The third kappa shape index (κ3) is 6.95. The van der Waals surface area contributed by atoms with E-state index in [9.17, 15) is 0 Å². The van der Waals surface area contributed by atoms with Gasteiger partial charge in [0.2, 0.25) is 6.29 Å². The van der Waals surface area contributed by atoms with E-state index >= 15 is 0 Å². The fourth-order valence-electron chi connectivity index (χ4n) is 3.06. The van der Waals surface area contributed by atoms with Gasteiger partial charge < -0.3 is 14.2 Å². The topological polar surface area (TPSA) is 27.7 Å². The molecule has 152 valence electrons. The summed E-state index contributed by atoms with van der Waals surface area (Å²) in [5, 5.41) is 0. The molecule has 3 aromatic carbocycles. The molecule has 0 N–H and O–H groups in total. The number of hydrogen-bond acceptors (Lipinski definition) is 3. The molecule has 0 radical (unpaired) electrons. The molecule has 0 saturated heterocycles. The molecule has 0 fully saturated rings. The van der Waals surface area contributed by atoms with Crippen LogP contribution in [-0.2, 0) is 11.2 Å². The van der Waals surface area contributed by atoms with Gasteiger partial charge in [-0.25, -0.2) is 0 Å². The average molecular weight is 391 g/mol. The van der Waals surface area contributed by atoms with E-state index < -0.39 is 0 Å². The van der Waals surface area contributed by atoms with E-state index in [0.29, 0.717) is 25.6 Å². The molecule has 0 saturated carbocycles. The molecule has 3 aromatic rings. The molecule has 0 aliphatic rings. The molecular formula is C26H30O3. The van der Waals surface area contributed by atoms with Gasteiger partial charge in [-0.15, -0.1) is 0 Å². The van der Waals surface area contributed by atoms with Crippen molar-refractivity contribution >= 4 is 0 Å². The summed E-state index contributed by atoms with van der Waals surface area (Å²) in [6, 6.07) is 28.4. The normalized spacial score (nSPS) is 12.9. The number of ether oxygens (including phenoxy) is 3. The van der Waals surface area contributed by atoms with Crippen molar-refractivity contribution in [3.8, 4) is 11.5 Å². The highest BCUT2D eigenvalue weighted by molar-refractivity contribution is 5.29. The van der Waals surface area contributed by atoms with Crippen molar-refractivity contribution in [1.82, 2.24) is 0 Å². The Kier molecular flexibility index (Phi) is 8.14. The van der Waals surface area contributed by atoms with E-state index in [-0.39, 0.29) is 6.29 Å². The standard InChI is InChI=1S/C26H30O3/c1-3-21(2)23-14-16-25(17-15-23)29-26(20-22-10-6-4-7-11-22)28-19-18-27-24-12-8-5-9-13-24/h4-17,21,26H,3,18-20H2,1-2H3. The quantitative estimate of drug-likeness (QED) is 0.286. The zero-order valence-electron chi connectivity index (χ0n) is 17.3. The first kappa shape index (κ1) is 20.9. The highest BCUT2D eigenvalue weighted by Crippen LogP contribution is 2.23. The highest BCUT2D eigenvalue weighted by atomic mass is 16.7. The van der Waals surface area contributed by atoms with Crippen LogP contribution in [0.3, 0.4) is 0 Å². The minimum Gasteiger partial charge on any atom is -0.491 e. The van der Waals surface area contributed by atoms with E-state index in [1.54, 1.807) is 0 Å². The van der Waals surface area contributed by atoms with Crippen molar-refractivity contribution in [1.29, 1.82) is 0 Å². The first-order valence-electron chi connectivity index (χ1n) is 10.3. The predicted octanol–water partition coefficient (Wildman–Crippen LogP) is 6.24. The van der Waals surface area contributed by atoms with E-state index in [1.807, 2.05) is 60.7 Å². The van der Waals surface area contributed by atoms with E-state index in [0.717, 1.165) is 17.9 Å². The Bertz CT molecular complexity index is 816. The summed E-state index contributed by atoms with van der Waals surface area (Å²) in [6.45, 7) is 5.38. The fraction of sp³-hybridized carbons (Fsp3) is 0.308. The first-order chi connectivity index (χ1) is 14.2. The van der Waals surface area contributed by atoms with Crippen LogP contribution in [0.15, 0.2) is 84.9 Å². The molecule has 0 amide bonds. The second kappa shape index (κ2) is 11.3. The number of para-hydroxylation sites is 1. The predicted molar refractivity (Wildman–Crippen MR) is 118 cm³/mol. The maximum absolute atomic E-state index is 6.16. The van der Waals surface area contributed by atoms with Gasteiger partial charge in [-0.05, 0) is 47.7 Å². The van der Waals surface area contributed by atoms with Crippen molar-refractivity contribution in [2.75, 3.05) is 13.2 Å². The second-order valence-corrected chi connectivity index (χ2v) is 7.15. The second-order valence-electron chi connectivity index (χ2n) is 7.15. The number of benzene rings is 3. The number of rotatable bonds is 11. The summed E-state index contributed by atoms with van der Waals surface area (Å²) in [5.41, 5.74) is 2.51. The molecule has 0 spiro atoms. The Morgan fingerprint density at radius 2 is 1.38 bits per heavy atom. The Labute approximate surface area is 174 Å². The van der Waals surface area contributed by atoms with Gasteiger partial charge >= 0.3 is 0 Å². The van der Waals surface area contributed by atoms with Crippen molar-refractivity contribution in [3.05, 3.63) is 96.1 Å². The average Bonchev–Trinajstić information content (AvgIpc) is 2.78. The minimum atomic E-state index is -0.369. The smallest absolute Gasteiger partial charge is 0.204 e. The molecular weight excluding hydrogens is 360 g/mol. The molecule has 0 heterocycles. The van der Waals surface area contributed by atoms with Crippen LogP contribution < -0.4 is 9.47 Å². The van der Waals surface area contributed by atoms with Crippen LogP contribution in [0.4, 0.5) is 0 Å². The van der Waals surface area contributed by atoms with Gasteiger partial charge in [0.05, 0.1) is 6.61 Å². The summed E-state index contributed by atoms with van der Waals surface area (Å²) in [5.74, 6) is 2.22. The zero-order chi connectivity index (χ0) is 20.3. The maximum Gasteiger partial charge on any atom is 0.204 e. The van der Waals surface area contributed by atoms with Gasteiger partial charge in [0.25, 0.3) is 0 Å². The molecule has 3 nitrogen and oxygen atoms in total. The van der Waals surface area contributed by atoms with Gasteiger partial charge in [0, 0.05) is 6.42 Å². The lowest BCUT2D eigenvalue weighted by Gasteiger charge is -2.20. The largest absolute Gasteiger partial charge is 0.491 e. The summed E-state index contributed by atoms with van der Waals surface area (Å²) in [6.07, 6.45) is 1.44. The third-order valence-corrected chi connectivity index (χ3v) is 4.97. The van der Waals surface area contributed by atoms with Crippen LogP contribution in [0.5, 0.6) is 11.5 Å². The Morgan fingerprint density at radius 3 is 2.03 bits per heavy atom. The van der Waals surface area contributed by atoms with Crippen LogP contribution >= 0.6 is 0 Å². The molecule has 0 aliphatic heterocycles. The van der Waals surface area contributed by atoms with Gasteiger partial charge in [0.1, 0.15) is 18.1 Å². The summed E-state index contributed by atoms with van der Waals surface area (Å²) >= 11 is 0. The molecule has 0 aromatic heterocycles. The summed E-state index contributed by atoms with van der Waals surface area (Å²) < 4.78 is 17.9. The monoisotopic (exact) mass is 390 g/mol. The van der Waals surface area contributed by atoms with Crippen molar-refractivity contribution in [3.63, 3.8) is 0 Å². The van der Waals surface area contributed by atoms with E-state index in [2.05, 4.69) is 38.1 Å². The van der Waals surface area contributed by atoms with Crippen LogP contribution in [0.25, 0.3) is 0 Å². The van der Waals surface area contributed by atoms with Crippen molar-refractivity contribution in [2.45, 2.75) is 38.9 Å². The lowest BCUT2D eigenvalue weighted by Crippen LogP contribution is -2.25. The van der Waals surface area contributed by atoms with Crippen molar-refractivity contribution < 1.29 is 14.2 Å². The van der Waals surface area contributed by atoms with Crippen LogP contribution in [0, 0.1) is 0 Å². The third-order valence-electron chi connectivity index (χ3n) is 4.97. The zero-order valence-corrected chi connectivity index (χ0v) is 17.3. The fourth-order valence-corrected chi connectivity index (χ4v) is 3.06.